The molecule has 0 bridgehead atoms. The van der Waals surface area contributed by atoms with Gasteiger partial charge in [0.1, 0.15) is 0 Å². The smallest absolute Gasteiger partial charge is 0.216 e. The second-order valence-corrected chi connectivity index (χ2v) is 6.03. The highest BCUT2D eigenvalue weighted by atomic mass is 32.1. The maximum Gasteiger partial charge on any atom is 0.216 e. The van der Waals surface area contributed by atoms with Crippen LogP contribution in [0.5, 0.6) is 0 Å². The fourth-order valence-electron chi connectivity index (χ4n) is 2.60. The molecule has 0 spiro atoms. The van der Waals surface area contributed by atoms with Crippen molar-refractivity contribution in [1.82, 2.24) is 19.9 Å². The predicted molar refractivity (Wildman–Crippen MR) is 106 cm³/mol. The third-order valence-electron chi connectivity index (χ3n) is 3.91. The minimum absolute atomic E-state index is 0.431. The number of H-pyrrole nitrogens is 1. The Kier molecular flexibility index (Phi) is 4.49. The summed E-state index contributed by atoms with van der Waals surface area (Å²) in [6, 6.07) is 22.2. The Hall–Kier alpha value is -3.38. The molecule has 0 saturated heterocycles. The molecule has 0 fully saturated rings. The molecule has 0 saturated carbocycles. The molecule has 2 aromatic heterocycles. The Morgan fingerprint density at radius 1 is 0.885 bits per heavy atom. The van der Waals surface area contributed by atoms with Crippen LogP contribution in [-0.2, 0) is 0 Å². The maximum atomic E-state index is 5.28. The van der Waals surface area contributed by atoms with E-state index in [0.717, 1.165) is 11.1 Å². The van der Waals surface area contributed by atoms with E-state index < -0.39 is 0 Å². The van der Waals surface area contributed by atoms with Crippen molar-refractivity contribution in [2.24, 2.45) is 5.10 Å². The number of rotatable bonds is 4. The third-order valence-corrected chi connectivity index (χ3v) is 4.17. The van der Waals surface area contributed by atoms with E-state index in [4.69, 9.17) is 12.2 Å². The number of hydrogen-bond acceptors (Lipinski definition) is 4. The van der Waals surface area contributed by atoms with E-state index in [0.29, 0.717) is 10.6 Å². The van der Waals surface area contributed by atoms with E-state index in [9.17, 15) is 0 Å². The summed E-state index contributed by atoms with van der Waals surface area (Å²) in [5.41, 5.74) is 4.17. The summed E-state index contributed by atoms with van der Waals surface area (Å²) in [5, 5.41) is 11.5. The molecule has 0 aliphatic rings. The first-order chi connectivity index (χ1) is 12.8. The van der Waals surface area contributed by atoms with Crippen molar-refractivity contribution in [2.75, 3.05) is 0 Å². The lowest BCUT2D eigenvalue weighted by atomic mass is 10.0. The molecule has 0 atom stereocenters. The third kappa shape index (κ3) is 3.36. The van der Waals surface area contributed by atoms with Crippen molar-refractivity contribution in [3.05, 3.63) is 89.5 Å². The van der Waals surface area contributed by atoms with Crippen LogP contribution in [0.1, 0.15) is 5.56 Å². The summed E-state index contributed by atoms with van der Waals surface area (Å²) >= 11 is 5.28. The first-order valence-corrected chi connectivity index (χ1v) is 8.50. The van der Waals surface area contributed by atoms with Gasteiger partial charge in [0, 0.05) is 18.0 Å². The molecular weight excluding hydrogens is 342 g/mol. The average Bonchev–Trinajstić information content (AvgIpc) is 3.08. The number of aromatic nitrogens is 4. The van der Waals surface area contributed by atoms with Gasteiger partial charge in [-0.25, -0.2) is 5.10 Å². The summed E-state index contributed by atoms with van der Waals surface area (Å²) in [6.07, 6.45) is 5.21. The molecule has 0 unspecified atom stereocenters. The normalized spacial score (nSPS) is 11.1. The number of nitrogens with one attached hydrogen (secondary N) is 1. The van der Waals surface area contributed by atoms with Crippen LogP contribution in [0.2, 0.25) is 0 Å². The highest BCUT2D eigenvalue weighted by Crippen LogP contribution is 2.19. The summed E-state index contributed by atoms with van der Waals surface area (Å²) < 4.78 is 2.03. The van der Waals surface area contributed by atoms with E-state index in [1.165, 1.54) is 11.1 Å². The zero-order chi connectivity index (χ0) is 17.8. The largest absolute Gasteiger partial charge is 0.264 e. The van der Waals surface area contributed by atoms with Gasteiger partial charge in [-0.2, -0.15) is 14.9 Å². The molecule has 0 radical (unpaired) electrons. The Morgan fingerprint density at radius 2 is 1.62 bits per heavy atom. The van der Waals surface area contributed by atoms with Crippen molar-refractivity contribution < 1.29 is 0 Å². The second-order valence-electron chi connectivity index (χ2n) is 5.64. The van der Waals surface area contributed by atoms with Crippen LogP contribution in [0.25, 0.3) is 22.5 Å². The first-order valence-electron chi connectivity index (χ1n) is 8.09. The molecule has 4 rings (SSSR count). The van der Waals surface area contributed by atoms with E-state index in [1.54, 1.807) is 23.3 Å². The quantitative estimate of drug-likeness (QED) is 0.430. The zero-order valence-electron chi connectivity index (χ0n) is 13.8. The number of benzene rings is 2. The van der Waals surface area contributed by atoms with Crippen LogP contribution in [0.3, 0.4) is 0 Å². The molecule has 4 aromatic rings. The van der Waals surface area contributed by atoms with Crippen molar-refractivity contribution in [2.45, 2.75) is 0 Å². The lowest BCUT2D eigenvalue weighted by Gasteiger charge is -2.02. The molecule has 0 aliphatic heterocycles. The fraction of sp³-hybridized carbons (Fsp3) is 0. The molecule has 6 heteroatoms. The van der Waals surface area contributed by atoms with Crippen LogP contribution >= 0.6 is 12.2 Å². The van der Waals surface area contributed by atoms with Crippen LogP contribution < -0.4 is 0 Å². The molecular formula is C20H15N5S. The fourth-order valence-corrected chi connectivity index (χ4v) is 2.78. The van der Waals surface area contributed by atoms with Crippen molar-refractivity contribution in [3.63, 3.8) is 0 Å². The Morgan fingerprint density at radius 3 is 2.35 bits per heavy atom. The SMILES string of the molecule is S=c1[nH]nc(-c2cccnc2)n1/N=C/c1ccc(-c2ccccc2)cc1. The average molecular weight is 357 g/mol. The van der Waals surface area contributed by atoms with Gasteiger partial charge in [0.05, 0.1) is 6.21 Å². The highest BCUT2D eigenvalue weighted by Gasteiger charge is 2.07. The molecule has 0 amide bonds. The second kappa shape index (κ2) is 7.25. The van der Waals surface area contributed by atoms with E-state index in [-0.39, 0.29) is 0 Å². The molecule has 5 nitrogen and oxygen atoms in total. The standard InChI is InChI=1S/C20H15N5S/c26-20-24-23-19(18-7-4-12-21-14-18)25(20)22-13-15-8-10-17(11-9-15)16-5-2-1-3-6-16/h1-14H,(H,24,26)/b22-13+. The van der Waals surface area contributed by atoms with E-state index >= 15 is 0 Å². The summed E-state index contributed by atoms with van der Waals surface area (Å²) in [7, 11) is 0. The lowest BCUT2D eigenvalue weighted by molar-refractivity contribution is 0.871. The molecule has 26 heavy (non-hydrogen) atoms. The van der Waals surface area contributed by atoms with Gasteiger partial charge in [-0.3, -0.25) is 4.98 Å². The highest BCUT2D eigenvalue weighted by molar-refractivity contribution is 7.71. The van der Waals surface area contributed by atoms with Gasteiger partial charge in [0.25, 0.3) is 0 Å². The van der Waals surface area contributed by atoms with Gasteiger partial charge in [-0.15, -0.1) is 0 Å². The zero-order valence-corrected chi connectivity index (χ0v) is 14.6. The lowest BCUT2D eigenvalue weighted by Crippen LogP contribution is -1.95. The molecule has 2 heterocycles. The van der Waals surface area contributed by atoms with Crippen LogP contribution in [0.15, 0.2) is 84.2 Å². The van der Waals surface area contributed by atoms with Gasteiger partial charge < -0.3 is 0 Å². The number of nitrogens with zero attached hydrogens (tertiary/aromatic N) is 4. The van der Waals surface area contributed by atoms with Gasteiger partial charge in [-0.1, -0.05) is 54.6 Å². The van der Waals surface area contributed by atoms with E-state index in [1.807, 2.05) is 42.5 Å². The van der Waals surface area contributed by atoms with Crippen molar-refractivity contribution >= 4 is 18.4 Å². The van der Waals surface area contributed by atoms with Gasteiger partial charge in [-0.05, 0) is 41.0 Å². The number of aromatic amines is 1. The molecule has 0 aliphatic carbocycles. The van der Waals surface area contributed by atoms with Gasteiger partial charge in [0.15, 0.2) is 5.82 Å². The molecule has 2 aromatic carbocycles. The van der Waals surface area contributed by atoms with Crippen LogP contribution in [0, 0.1) is 4.77 Å². The van der Waals surface area contributed by atoms with E-state index in [2.05, 4.69) is 44.5 Å². The van der Waals surface area contributed by atoms with Gasteiger partial charge in [0.2, 0.25) is 4.77 Å². The monoisotopic (exact) mass is 357 g/mol. The summed E-state index contributed by atoms with van der Waals surface area (Å²) in [4.78, 5) is 4.12. The number of pyridine rings is 1. The summed E-state index contributed by atoms with van der Waals surface area (Å²) in [5.74, 6) is 0.625. The van der Waals surface area contributed by atoms with Crippen molar-refractivity contribution in [1.29, 1.82) is 0 Å². The Bertz CT molecular complexity index is 1080. The maximum absolute atomic E-state index is 5.28. The topological polar surface area (TPSA) is 58.9 Å². The molecule has 1 N–H and O–H groups in total. The minimum Gasteiger partial charge on any atom is -0.264 e. The minimum atomic E-state index is 0.431. The predicted octanol–water partition coefficient (Wildman–Crippen LogP) is 4.55. The first kappa shape index (κ1) is 16.1. The molecule has 126 valence electrons. The number of hydrogen-bond donors (Lipinski definition) is 1. The van der Waals surface area contributed by atoms with Crippen molar-refractivity contribution in [3.8, 4) is 22.5 Å². The van der Waals surface area contributed by atoms with Gasteiger partial charge >= 0.3 is 0 Å². The van der Waals surface area contributed by atoms with Crippen LogP contribution in [-0.4, -0.2) is 26.1 Å². The Labute approximate surface area is 155 Å². The Balaban J connectivity index is 1.61. The summed E-state index contributed by atoms with van der Waals surface area (Å²) in [6.45, 7) is 0. The van der Waals surface area contributed by atoms with Crippen LogP contribution in [0.4, 0.5) is 0 Å².